The van der Waals surface area contributed by atoms with Crippen LogP contribution in [-0.2, 0) is 4.79 Å². The Morgan fingerprint density at radius 2 is 2.12 bits per heavy atom. The summed E-state index contributed by atoms with van der Waals surface area (Å²) in [5, 5.41) is 6.34. The molecule has 0 spiro atoms. The summed E-state index contributed by atoms with van der Waals surface area (Å²) < 4.78 is 0. The van der Waals surface area contributed by atoms with Gasteiger partial charge in [-0.2, -0.15) is 0 Å². The van der Waals surface area contributed by atoms with Gasteiger partial charge in [-0.1, -0.05) is 30.7 Å². The van der Waals surface area contributed by atoms with Crippen molar-refractivity contribution in [3.8, 4) is 0 Å². The highest BCUT2D eigenvalue weighted by atomic mass is 16.2. The Hall–Kier alpha value is -1.61. The number of carbonyl (C=O) groups is 1. The molecule has 3 heteroatoms. The summed E-state index contributed by atoms with van der Waals surface area (Å²) in [5.41, 5.74) is 2.78. The Bertz CT molecular complexity index is 473. The molecule has 3 rings (SSSR count). The van der Waals surface area contributed by atoms with E-state index in [-0.39, 0.29) is 5.91 Å². The summed E-state index contributed by atoms with van der Waals surface area (Å²) in [6.45, 7) is 1.05. The zero-order valence-electron chi connectivity index (χ0n) is 9.70. The maximum Gasteiger partial charge on any atom is 0.256 e. The second-order valence-electron chi connectivity index (χ2n) is 4.64. The van der Waals surface area contributed by atoms with Crippen molar-refractivity contribution < 1.29 is 4.79 Å². The minimum atomic E-state index is 0.0265. The van der Waals surface area contributed by atoms with Crippen molar-refractivity contribution in [3.63, 3.8) is 0 Å². The van der Waals surface area contributed by atoms with Gasteiger partial charge in [0.15, 0.2) is 0 Å². The Morgan fingerprint density at radius 1 is 1.24 bits per heavy atom. The molecule has 0 aromatic heterocycles. The van der Waals surface area contributed by atoms with Crippen LogP contribution in [0.15, 0.2) is 30.3 Å². The topological polar surface area (TPSA) is 41.1 Å². The van der Waals surface area contributed by atoms with Gasteiger partial charge in [-0.25, -0.2) is 0 Å². The Morgan fingerprint density at radius 3 is 2.94 bits per heavy atom. The number of rotatable bonds is 1. The van der Waals surface area contributed by atoms with Crippen molar-refractivity contribution in [1.82, 2.24) is 5.32 Å². The molecule has 1 saturated heterocycles. The lowest BCUT2D eigenvalue weighted by atomic mass is 9.99. The molecule has 2 heterocycles. The van der Waals surface area contributed by atoms with Crippen LogP contribution in [0.25, 0.3) is 5.57 Å². The number of piperidine rings is 1. The normalized spacial score (nSPS) is 25.8. The second kappa shape index (κ2) is 4.34. The SMILES string of the molecule is O=C1Nc2ccccc2/C1=C\C1CCCCN1. The number of anilines is 1. The zero-order valence-corrected chi connectivity index (χ0v) is 9.70. The molecule has 2 N–H and O–H groups in total. The summed E-state index contributed by atoms with van der Waals surface area (Å²) in [6, 6.07) is 8.21. The first-order chi connectivity index (χ1) is 8.34. The largest absolute Gasteiger partial charge is 0.321 e. The van der Waals surface area contributed by atoms with Crippen LogP contribution in [0.1, 0.15) is 24.8 Å². The molecule has 0 saturated carbocycles. The molecule has 1 amide bonds. The van der Waals surface area contributed by atoms with Gasteiger partial charge in [0.2, 0.25) is 0 Å². The molecule has 1 aromatic carbocycles. The molecule has 1 aromatic rings. The van der Waals surface area contributed by atoms with Gasteiger partial charge >= 0.3 is 0 Å². The summed E-state index contributed by atoms with van der Waals surface area (Å²) in [7, 11) is 0. The summed E-state index contributed by atoms with van der Waals surface area (Å²) >= 11 is 0. The van der Waals surface area contributed by atoms with E-state index in [1.54, 1.807) is 0 Å². The van der Waals surface area contributed by atoms with Crippen LogP contribution < -0.4 is 10.6 Å². The molecule has 0 aliphatic carbocycles. The van der Waals surface area contributed by atoms with E-state index in [4.69, 9.17) is 0 Å². The lowest BCUT2D eigenvalue weighted by Crippen LogP contribution is -2.32. The first-order valence-electron chi connectivity index (χ1n) is 6.20. The van der Waals surface area contributed by atoms with E-state index >= 15 is 0 Å². The van der Waals surface area contributed by atoms with Crippen molar-refractivity contribution in [1.29, 1.82) is 0 Å². The van der Waals surface area contributed by atoms with Crippen molar-refractivity contribution in [2.45, 2.75) is 25.3 Å². The number of carbonyl (C=O) groups excluding carboxylic acids is 1. The van der Waals surface area contributed by atoms with Crippen molar-refractivity contribution >= 4 is 17.2 Å². The van der Waals surface area contributed by atoms with E-state index in [1.807, 2.05) is 24.3 Å². The number of benzene rings is 1. The molecule has 2 aliphatic heterocycles. The Balaban J connectivity index is 1.92. The third-order valence-corrected chi connectivity index (χ3v) is 3.43. The highest BCUT2D eigenvalue weighted by molar-refractivity contribution is 6.31. The second-order valence-corrected chi connectivity index (χ2v) is 4.64. The molecule has 0 radical (unpaired) electrons. The van der Waals surface area contributed by atoms with Gasteiger partial charge in [-0.3, -0.25) is 4.79 Å². The molecule has 2 aliphatic rings. The fourth-order valence-corrected chi connectivity index (χ4v) is 2.53. The van der Waals surface area contributed by atoms with E-state index in [0.29, 0.717) is 6.04 Å². The predicted octanol–water partition coefficient (Wildman–Crippen LogP) is 2.16. The Labute approximate surface area is 101 Å². The molecular formula is C14H16N2O. The smallest absolute Gasteiger partial charge is 0.256 e. The summed E-state index contributed by atoms with van der Waals surface area (Å²) in [5.74, 6) is 0.0265. The minimum absolute atomic E-state index is 0.0265. The van der Waals surface area contributed by atoms with Crippen LogP contribution >= 0.6 is 0 Å². The van der Waals surface area contributed by atoms with Gasteiger partial charge in [-0.05, 0) is 25.5 Å². The molecule has 88 valence electrons. The van der Waals surface area contributed by atoms with Crippen molar-refractivity contribution in [2.24, 2.45) is 0 Å². The van der Waals surface area contributed by atoms with Gasteiger partial charge in [0.25, 0.3) is 5.91 Å². The summed E-state index contributed by atoms with van der Waals surface area (Å²) in [6.07, 6.45) is 5.69. The minimum Gasteiger partial charge on any atom is -0.321 e. The lowest BCUT2D eigenvalue weighted by molar-refractivity contribution is -0.110. The number of hydrogen-bond donors (Lipinski definition) is 2. The number of nitrogens with one attached hydrogen (secondary N) is 2. The van der Waals surface area contributed by atoms with Crippen LogP contribution in [0, 0.1) is 0 Å². The average Bonchev–Trinajstić information content (AvgIpc) is 2.68. The van der Waals surface area contributed by atoms with E-state index in [0.717, 1.165) is 29.8 Å². The fraction of sp³-hybridized carbons (Fsp3) is 0.357. The van der Waals surface area contributed by atoms with Crippen LogP contribution in [0.2, 0.25) is 0 Å². The monoisotopic (exact) mass is 228 g/mol. The van der Waals surface area contributed by atoms with E-state index in [1.165, 1.54) is 12.8 Å². The molecule has 1 fully saturated rings. The maximum absolute atomic E-state index is 11.9. The molecule has 1 unspecified atom stereocenters. The van der Waals surface area contributed by atoms with Gasteiger partial charge in [0, 0.05) is 22.9 Å². The molecule has 17 heavy (non-hydrogen) atoms. The average molecular weight is 228 g/mol. The van der Waals surface area contributed by atoms with E-state index in [9.17, 15) is 4.79 Å². The van der Waals surface area contributed by atoms with Crippen molar-refractivity contribution in [3.05, 3.63) is 35.9 Å². The van der Waals surface area contributed by atoms with Gasteiger partial charge in [0.05, 0.1) is 0 Å². The van der Waals surface area contributed by atoms with Crippen LogP contribution in [0.3, 0.4) is 0 Å². The van der Waals surface area contributed by atoms with E-state index < -0.39 is 0 Å². The van der Waals surface area contributed by atoms with Crippen LogP contribution in [-0.4, -0.2) is 18.5 Å². The maximum atomic E-state index is 11.9. The summed E-state index contributed by atoms with van der Waals surface area (Å²) in [4.78, 5) is 11.9. The first kappa shape index (κ1) is 10.5. The third-order valence-electron chi connectivity index (χ3n) is 3.43. The predicted molar refractivity (Wildman–Crippen MR) is 68.7 cm³/mol. The van der Waals surface area contributed by atoms with Crippen molar-refractivity contribution in [2.75, 3.05) is 11.9 Å². The first-order valence-corrected chi connectivity index (χ1v) is 6.20. The van der Waals surface area contributed by atoms with Gasteiger partial charge in [0.1, 0.15) is 0 Å². The highest BCUT2D eigenvalue weighted by Gasteiger charge is 2.24. The quantitative estimate of drug-likeness (QED) is 0.723. The van der Waals surface area contributed by atoms with Gasteiger partial charge in [-0.15, -0.1) is 0 Å². The molecular weight excluding hydrogens is 212 g/mol. The lowest BCUT2D eigenvalue weighted by Gasteiger charge is -2.20. The molecule has 0 bridgehead atoms. The van der Waals surface area contributed by atoms with Crippen LogP contribution in [0.5, 0.6) is 0 Å². The highest BCUT2D eigenvalue weighted by Crippen LogP contribution is 2.31. The van der Waals surface area contributed by atoms with E-state index in [2.05, 4.69) is 16.7 Å². The number of para-hydroxylation sites is 1. The number of fused-ring (bicyclic) bond motifs is 1. The number of amides is 1. The molecule has 1 atom stereocenters. The third kappa shape index (κ3) is 1.98. The fourth-order valence-electron chi connectivity index (χ4n) is 2.53. The Kier molecular flexibility index (Phi) is 2.69. The van der Waals surface area contributed by atoms with Gasteiger partial charge < -0.3 is 10.6 Å². The van der Waals surface area contributed by atoms with Crippen LogP contribution in [0.4, 0.5) is 5.69 Å². The number of hydrogen-bond acceptors (Lipinski definition) is 2. The standard InChI is InChI=1S/C14H16N2O/c17-14-12(9-10-5-3-4-8-15-10)11-6-1-2-7-13(11)16-14/h1-2,6-7,9-10,15H,3-5,8H2,(H,16,17)/b12-9+. The zero-order chi connectivity index (χ0) is 11.7. The molecule has 3 nitrogen and oxygen atoms in total.